The fourth-order valence-electron chi connectivity index (χ4n) is 3.06. The number of hydrogen-bond acceptors (Lipinski definition) is 7. The second-order valence-corrected chi connectivity index (χ2v) is 9.32. The van der Waals surface area contributed by atoms with Crippen molar-refractivity contribution in [3.8, 4) is 5.69 Å². The van der Waals surface area contributed by atoms with Crippen LogP contribution in [0.4, 0.5) is 5.69 Å². The standard InChI is InChI=1S/C22H23ClN6O4S/c1-34(33)11-10-19(13-24-18-6-2-15(3-7-18)22(31)32)26-21(30)9-4-16-12-17(23)5-8-20(16)29-14-25-27-28-29/h2-9,12,14,19,24H,10-11,13H2,1H3,(H,26,30)(H,31,32)/b9-4+/t19-,34?/m0/s1. The molecular weight excluding hydrogens is 480 g/mol. The minimum atomic E-state index is -1.01. The SMILES string of the molecule is CS(=O)CC[C@@H](CNc1ccc(C(=O)O)cc1)NC(=O)/C=C/c1cc(Cl)ccc1-n1cnnn1. The lowest BCUT2D eigenvalue weighted by molar-refractivity contribution is -0.117. The van der Waals surface area contributed by atoms with Gasteiger partial charge in [-0.15, -0.1) is 5.10 Å². The van der Waals surface area contributed by atoms with Crippen LogP contribution in [-0.4, -0.2) is 66.0 Å². The summed E-state index contributed by atoms with van der Waals surface area (Å²) in [5, 5.41) is 26.7. The van der Waals surface area contributed by atoms with E-state index in [1.807, 2.05) is 0 Å². The van der Waals surface area contributed by atoms with Crippen molar-refractivity contribution in [2.45, 2.75) is 12.5 Å². The van der Waals surface area contributed by atoms with Gasteiger partial charge in [0.15, 0.2) is 0 Å². The third-order valence-electron chi connectivity index (χ3n) is 4.78. The van der Waals surface area contributed by atoms with E-state index in [0.717, 1.165) is 0 Å². The van der Waals surface area contributed by atoms with Gasteiger partial charge in [-0.1, -0.05) is 11.6 Å². The summed E-state index contributed by atoms with van der Waals surface area (Å²) in [6.07, 6.45) is 6.55. The number of aromatic carboxylic acids is 1. The van der Waals surface area contributed by atoms with Gasteiger partial charge >= 0.3 is 5.97 Å². The van der Waals surface area contributed by atoms with Gasteiger partial charge in [-0.3, -0.25) is 9.00 Å². The molecule has 3 N–H and O–H groups in total. The molecule has 0 saturated carbocycles. The molecule has 0 aliphatic heterocycles. The van der Waals surface area contributed by atoms with Crippen LogP contribution in [0.1, 0.15) is 22.3 Å². The molecule has 1 heterocycles. The van der Waals surface area contributed by atoms with Crippen molar-refractivity contribution < 1.29 is 18.9 Å². The second kappa shape index (κ2) is 12.1. The number of amides is 1. The number of carbonyl (C=O) groups excluding carboxylic acids is 1. The number of nitrogens with zero attached hydrogens (tertiary/aromatic N) is 4. The zero-order valence-corrected chi connectivity index (χ0v) is 19.8. The Morgan fingerprint density at radius 3 is 2.65 bits per heavy atom. The highest BCUT2D eigenvalue weighted by Gasteiger charge is 2.13. The zero-order chi connectivity index (χ0) is 24.5. The molecule has 0 saturated heterocycles. The first-order valence-electron chi connectivity index (χ1n) is 10.2. The average molecular weight is 503 g/mol. The first-order valence-corrected chi connectivity index (χ1v) is 12.3. The maximum Gasteiger partial charge on any atom is 0.335 e. The summed E-state index contributed by atoms with van der Waals surface area (Å²) in [6.45, 7) is 0.371. The molecule has 0 aliphatic carbocycles. The third kappa shape index (κ3) is 7.49. The quantitative estimate of drug-likeness (QED) is 0.340. The number of carboxylic acids is 1. The van der Waals surface area contributed by atoms with Crippen LogP contribution in [0.5, 0.6) is 0 Å². The van der Waals surface area contributed by atoms with Crippen LogP contribution in [-0.2, 0) is 15.6 Å². The minimum absolute atomic E-state index is 0.184. The smallest absolute Gasteiger partial charge is 0.335 e. The molecule has 0 radical (unpaired) electrons. The van der Waals surface area contributed by atoms with Crippen LogP contribution >= 0.6 is 11.6 Å². The van der Waals surface area contributed by atoms with E-state index in [0.29, 0.717) is 40.7 Å². The van der Waals surface area contributed by atoms with Crippen LogP contribution in [0, 0.1) is 0 Å². The number of rotatable bonds is 11. The monoisotopic (exact) mass is 502 g/mol. The van der Waals surface area contributed by atoms with Crippen molar-refractivity contribution in [1.29, 1.82) is 0 Å². The van der Waals surface area contributed by atoms with Crippen molar-refractivity contribution in [3.63, 3.8) is 0 Å². The van der Waals surface area contributed by atoms with Gasteiger partial charge in [-0.05, 0) is 65.4 Å². The van der Waals surface area contributed by atoms with E-state index in [4.69, 9.17) is 16.7 Å². The van der Waals surface area contributed by atoms with Crippen molar-refractivity contribution >= 4 is 46.0 Å². The van der Waals surface area contributed by atoms with Crippen LogP contribution in [0.3, 0.4) is 0 Å². The predicted octanol–water partition coefficient (Wildman–Crippen LogP) is 2.39. The third-order valence-corrected chi connectivity index (χ3v) is 5.83. The number of nitrogens with one attached hydrogen (secondary N) is 2. The highest BCUT2D eigenvalue weighted by molar-refractivity contribution is 7.84. The number of anilines is 1. The van der Waals surface area contributed by atoms with Gasteiger partial charge in [-0.25, -0.2) is 4.79 Å². The molecule has 0 spiro atoms. The Morgan fingerprint density at radius 1 is 1.24 bits per heavy atom. The van der Waals surface area contributed by atoms with Gasteiger partial charge in [0, 0.05) is 57.7 Å². The Morgan fingerprint density at radius 2 is 2.00 bits per heavy atom. The van der Waals surface area contributed by atoms with E-state index in [1.54, 1.807) is 42.7 Å². The summed E-state index contributed by atoms with van der Waals surface area (Å²) in [5.74, 6) is -0.916. The Bertz CT molecular complexity index is 1180. The number of aromatic nitrogens is 4. The molecule has 10 nitrogen and oxygen atoms in total. The van der Waals surface area contributed by atoms with Crippen molar-refractivity contribution in [3.05, 3.63) is 71.0 Å². The summed E-state index contributed by atoms with van der Waals surface area (Å²) in [4.78, 5) is 23.6. The maximum absolute atomic E-state index is 12.6. The number of benzene rings is 2. The lowest BCUT2D eigenvalue weighted by Gasteiger charge is -2.19. The van der Waals surface area contributed by atoms with E-state index in [1.165, 1.54) is 29.2 Å². The Balaban J connectivity index is 1.67. The molecule has 34 heavy (non-hydrogen) atoms. The summed E-state index contributed by atoms with van der Waals surface area (Å²) in [5.41, 5.74) is 2.20. The molecule has 0 fully saturated rings. The topological polar surface area (TPSA) is 139 Å². The van der Waals surface area contributed by atoms with Crippen molar-refractivity contribution in [2.75, 3.05) is 23.9 Å². The van der Waals surface area contributed by atoms with E-state index in [2.05, 4.69) is 26.2 Å². The fourth-order valence-corrected chi connectivity index (χ4v) is 3.86. The number of carbonyl (C=O) groups is 2. The van der Waals surface area contributed by atoms with Gasteiger partial charge in [0.05, 0.1) is 11.3 Å². The molecule has 1 unspecified atom stereocenters. The fraction of sp³-hybridized carbons (Fsp3) is 0.227. The highest BCUT2D eigenvalue weighted by atomic mass is 35.5. The number of halogens is 1. The van der Waals surface area contributed by atoms with E-state index >= 15 is 0 Å². The molecule has 2 atom stereocenters. The van der Waals surface area contributed by atoms with Crippen molar-refractivity contribution in [2.24, 2.45) is 0 Å². The first-order chi connectivity index (χ1) is 16.3. The maximum atomic E-state index is 12.6. The van der Waals surface area contributed by atoms with E-state index < -0.39 is 16.8 Å². The Labute approximate surface area is 203 Å². The lowest BCUT2D eigenvalue weighted by atomic mass is 10.1. The largest absolute Gasteiger partial charge is 0.478 e. The molecule has 1 amide bonds. The van der Waals surface area contributed by atoms with Gasteiger partial charge in [0.2, 0.25) is 5.91 Å². The summed E-state index contributed by atoms with van der Waals surface area (Å²) in [6, 6.07) is 11.1. The molecule has 178 valence electrons. The van der Waals surface area contributed by atoms with E-state index in [9.17, 15) is 13.8 Å². The predicted molar refractivity (Wildman–Crippen MR) is 131 cm³/mol. The summed E-state index contributed by atoms with van der Waals surface area (Å²) >= 11 is 6.11. The molecule has 3 aromatic rings. The average Bonchev–Trinajstić information content (AvgIpc) is 3.34. The van der Waals surface area contributed by atoms with Crippen LogP contribution in [0.15, 0.2) is 54.9 Å². The first kappa shape index (κ1) is 25.1. The number of hydrogen-bond donors (Lipinski definition) is 3. The molecule has 0 aliphatic rings. The van der Waals surface area contributed by atoms with Gasteiger partial charge in [0.1, 0.15) is 6.33 Å². The summed E-state index contributed by atoms with van der Waals surface area (Å²) < 4.78 is 13.0. The lowest BCUT2D eigenvalue weighted by Crippen LogP contribution is -2.39. The number of carboxylic acid groups (broad SMARTS) is 1. The molecular formula is C22H23ClN6O4S. The van der Waals surface area contributed by atoms with Crippen LogP contribution < -0.4 is 10.6 Å². The molecule has 12 heteroatoms. The normalized spacial score (nSPS) is 12.9. The number of tetrazole rings is 1. The van der Waals surface area contributed by atoms with Crippen molar-refractivity contribution in [1.82, 2.24) is 25.5 Å². The molecule has 2 aromatic carbocycles. The van der Waals surface area contributed by atoms with Crippen LogP contribution in [0.25, 0.3) is 11.8 Å². The second-order valence-electron chi connectivity index (χ2n) is 7.33. The van der Waals surface area contributed by atoms with Gasteiger partial charge < -0.3 is 15.7 Å². The van der Waals surface area contributed by atoms with E-state index in [-0.39, 0.29) is 17.5 Å². The molecule has 1 aromatic heterocycles. The molecule has 0 bridgehead atoms. The zero-order valence-electron chi connectivity index (χ0n) is 18.2. The van der Waals surface area contributed by atoms with Gasteiger partial charge in [-0.2, -0.15) is 4.68 Å². The Hall–Kier alpha value is -3.57. The van der Waals surface area contributed by atoms with Gasteiger partial charge in [0.25, 0.3) is 0 Å². The Kier molecular flexibility index (Phi) is 8.88. The minimum Gasteiger partial charge on any atom is -0.478 e. The van der Waals surface area contributed by atoms with Crippen LogP contribution in [0.2, 0.25) is 5.02 Å². The highest BCUT2D eigenvalue weighted by Crippen LogP contribution is 2.20. The summed E-state index contributed by atoms with van der Waals surface area (Å²) in [7, 11) is -1.01. The molecule has 3 rings (SSSR count).